The molecule has 2 rings (SSSR count). The van der Waals surface area contributed by atoms with Gasteiger partial charge in [0.1, 0.15) is 0 Å². The number of hydrogen-bond donors (Lipinski definition) is 1. The van der Waals surface area contributed by atoms with E-state index in [9.17, 15) is 9.59 Å². The van der Waals surface area contributed by atoms with E-state index in [1.165, 1.54) is 0 Å². The second-order valence-corrected chi connectivity index (χ2v) is 4.02. The van der Waals surface area contributed by atoms with E-state index in [1.54, 1.807) is 0 Å². The summed E-state index contributed by atoms with van der Waals surface area (Å²) >= 11 is 0. The van der Waals surface area contributed by atoms with E-state index in [0.29, 0.717) is 5.69 Å². The molecule has 1 unspecified atom stereocenters. The summed E-state index contributed by atoms with van der Waals surface area (Å²) in [4.78, 5) is 22.6. The fourth-order valence-corrected chi connectivity index (χ4v) is 1.68. The lowest BCUT2D eigenvalue weighted by Crippen LogP contribution is -2.31. The van der Waals surface area contributed by atoms with Crippen molar-refractivity contribution in [3.05, 3.63) is 29.3 Å². The van der Waals surface area contributed by atoms with Gasteiger partial charge in [0.05, 0.1) is 5.69 Å². The van der Waals surface area contributed by atoms with Crippen LogP contribution in [0.5, 0.6) is 0 Å². The molecule has 1 aliphatic rings. The minimum atomic E-state index is -1.17. The number of carboxylic acid groups (broad SMARTS) is 1. The molecule has 0 radical (unpaired) electrons. The number of anilines is 1. The van der Waals surface area contributed by atoms with Crippen LogP contribution in [0.15, 0.2) is 23.3 Å². The highest BCUT2D eigenvalue weighted by molar-refractivity contribution is 6.19. The van der Waals surface area contributed by atoms with E-state index in [0.717, 1.165) is 22.4 Å². The largest absolute Gasteiger partial charge is 0.480 e. The van der Waals surface area contributed by atoms with Crippen molar-refractivity contribution in [3.63, 3.8) is 0 Å². The number of rotatable bonds is 2. The Morgan fingerprint density at radius 3 is 2.71 bits per heavy atom. The lowest BCUT2D eigenvalue weighted by atomic mass is 10.1. The number of aliphatic carboxylic acids is 1. The van der Waals surface area contributed by atoms with Gasteiger partial charge in [0.25, 0.3) is 5.91 Å². The molecule has 0 saturated heterocycles. The third-order valence-electron chi connectivity index (χ3n) is 2.66. The SMILES string of the molecule is Cc1ccc(C)c(N2N=CC(C(=O)O)C2=O)c1. The first-order valence-electron chi connectivity index (χ1n) is 5.19. The molecular weight excluding hydrogens is 220 g/mol. The number of carbonyl (C=O) groups excluding carboxylic acids is 1. The first-order chi connectivity index (χ1) is 8.00. The first-order valence-corrected chi connectivity index (χ1v) is 5.19. The zero-order valence-electron chi connectivity index (χ0n) is 9.54. The topological polar surface area (TPSA) is 70.0 Å². The monoisotopic (exact) mass is 232 g/mol. The van der Waals surface area contributed by atoms with Crippen LogP contribution in [0.2, 0.25) is 0 Å². The molecular formula is C12H12N2O3. The summed E-state index contributed by atoms with van der Waals surface area (Å²) in [7, 11) is 0. The zero-order valence-corrected chi connectivity index (χ0v) is 9.54. The Hall–Kier alpha value is -2.17. The molecule has 88 valence electrons. The van der Waals surface area contributed by atoms with Crippen LogP contribution in [0.4, 0.5) is 5.69 Å². The molecule has 0 aliphatic carbocycles. The Kier molecular flexibility index (Phi) is 2.67. The van der Waals surface area contributed by atoms with Gasteiger partial charge in [-0.2, -0.15) is 10.1 Å². The third kappa shape index (κ3) is 1.91. The summed E-state index contributed by atoms with van der Waals surface area (Å²) in [6, 6.07) is 5.62. The highest BCUT2D eigenvalue weighted by Gasteiger charge is 2.35. The van der Waals surface area contributed by atoms with Crippen LogP contribution >= 0.6 is 0 Å². The van der Waals surface area contributed by atoms with E-state index < -0.39 is 17.8 Å². The number of carboxylic acids is 1. The highest BCUT2D eigenvalue weighted by atomic mass is 16.4. The number of benzene rings is 1. The van der Waals surface area contributed by atoms with Gasteiger partial charge >= 0.3 is 5.97 Å². The van der Waals surface area contributed by atoms with Gasteiger partial charge in [0.15, 0.2) is 5.92 Å². The van der Waals surface area contributed by atoms with E-state index in [4.69, 9.17) is 5.11 Å². The summed E-state index contributed by atoms with van der Waals surface area (Å²) < 4.78 is 0. The lowest BCUT2D eigenvalue weighted by Gasteiger charge is -2.16. The number of nitrogens with zero attached hydrogens (tertiary/aromatic N) is 2. The van der Waals surface area contributed by atoms with Crippen LogP contribution in [-0.4, -0.2) is 23.2 Å². The molecule has 1 N–H and O–H groups in total. The van der Waals surface area contributed by atoms with Crippen molar-refractivity contribution in [1.82, 2.24) is 0 Å². The fourth-order valence-electron chi connectivity index (χ4n) is 1.68. The average molecular weight is 232 g/mol. The normalized spacial score (nSPS) is 18.8. The summed E-state index contributed by atoms with van der Waals surface area (Å²) in [5.41, 5.74) is 2.51. The molecule has 1 aromatic rings. The minimum absolute atomic E-state index is 0.522. The Morgan fingerprint density at radius 1 is 1.41 bits per heavy atom. The number of hydrogen-bond acceptors (Lipinski definition) is 3. The van der Waals surface area contributed by atoms with Crippen molar-refractivity contribution in [1.29, 1.82) is 0 Å². The van der Waals surface area contributed by atoms with Crippen LogP contribution < -0.4 is 5.01 Å². The van der Waals surface area contributed by atoms with E-state index in [2.05, 4.69) is 5.10 Å². The minimum Gasteiger partial charge on any atom is -0.480 e. The van der Waals surface area contributed by atoms with Gasteiger partial charge in [-0.3, -0.25) is 9.59 Å². The maximum atomic E-state index is 11.8. The van der Waals surface area contributed by atoms with Crippen molar-refractivity contribution in [2.45, 2.75) is 13.8 Å². The fraction of sp³-hybridized carbons (Fsp3) is 0.250. The van der Waals surface area contributed by atoms with Crippen molar-refractivity contribution in [2.24, 2.45) is 11.0 Å². The van der Waals surface area contributed by atoms with Crippen molar-refractivity contribution >= 4 is 23.8 Å². The Morgan fingerprint density at radius 2 is 2.12 bits per heavy atom. The average Bonchev–Trinajstić information content (AvgIpc) is 2.64. The molecule has 1 heterocycles. The molecule has 0 spiro atoms. The molecule has 5 heteroatoms. The number of carbonyl (C=O) groups is 2. The van der Waals surface area contributed by atoms with Gasteiger partial charge in [-0.15, -0.1) is 0 Å². The first kappa shape index (κ1) is 11.3. The van der Waals surface area contributed by atoms with E-state index in [-0.39, 0.29) is 0 Å². The summed E-state index contributed by atoms with van der Waals surface area (Å²) in [6.45, 7) is 3.76. The standard InChI is InChI=1S/C12H12N2O3/c1-7-3-4-8(2)10(5-7)14-11(15)9(6-13-14)12(16)17/h3-6,9H,1-2H3,(H,16,17). The quantitative estimate of drug-likeness (QED) is 0.782. The predicted molar refractivity (Wildman–Crippen MR) is 63.0 cm³/mol. The number of amides is 1. The maximum absolute atomic E-state index is 11.8. The van der Waals surface area contributed by atoms with E-state index in [1.807, 2.05) is 32.0 Å². The van der Waals surface area contributed by atoms with E-state index >= 15 is 0 Å². The highest BCUT2D eigenvalue weighted by Crippen LogP contribution is 2.25. The lowest BCUT2D eigenvalue weighted by molar-refractivity contribution is -0.142. The van der Waals surface area contributed by atoms with Gasteiger partial charge in [0.2, 0.25) is 0 Å². The molecule has 1 atom stereocenters. The Labute approximate surface area is 98.4 Å². The van der Waals surface area contributed by atoms with Crippen LogP contribution in [0.3, 0.4) is 0 Å². The van der Waals surface area contributed by atoms with Crippen LogP contribution in [-0.2, 0) is 9.59 Å². The Bertz CT molecular complexity index is 522. The molecule has 0 fully saturated rings. The molecule has 17 heavy (non-hydrogen) atoms. The maximum Gasteiger partial charge on any atom is 0.321 e. The molecule has 0 saturated carbocycles. The summed E-state index contributed by atoms with van der Waals surface area (Å²) in [6.07, 6.45) is 1.16. The molecule has 1 amide bonds. The zero-order chi connectivity index (χ0) is 12.6. The van der Waals surface area contributed by atoms with Crippen LogP contribution in [0.25, 0.3) is 0 Å². The smallest absolute Gasteiger partial charge is 0.321 e. The summed E-state index contributed by atoms with van der Waals surface area (Å²) in [5, 5.41) is 13.9. The van der Waals surface area contributed by atoms with Crippen LogP contribution in [0, 0.1) is 19.8 Å². The molecule has 5 nitrogen and oxygen atoms in total. The molecule has 1 aromatic carbocycles. The van der Waals surface area contributed by atoms with Crippen LogP contribution in [0.1, 0.15) is 11.1 Å². The Balaban J connectivity index is 2.37. The van der Waals surface area contributed by atoms with Crippen molar-refractivity contribution in [2.75, 3.05) is 5.01 Å². The summed E-state index contributed by atoms with van der Waals surface area (Å²) in [5.74, 6) is -2.87. The predicted octanol–water partition coefficient (Wildman–Crippen LogP) is 1.34. The molecule has 0 bridgehead atoms. The third-order valence-corrected chi connectivity index (χ3v) is 2.66. The number of hydrazone groups is 1. The number of aryl methyl sites for hydroxylation is 2. The van der Waals surface area contributed by atoms with Crippen molar-refractivity contribution < 1.29 is 14.7 Å². The van der Waals surface area contributed by atoms with Gasteiger partial charge in [-0.25, -0.2) is 0 Å². The second-order valence-electron chi connectivity index (χ2n) is 4.02. The van der Waals surface area contributed by atoms with Gasteiger partial charge in [0, 0.05) is 6.21 Å². The van der Waals surface area contributed by atoms with Gasteiger partial charge in [-0.05, 0) is 31.0 Å². The van der Waals surface area contributed by atoms with Gasteiger partial charge in [-0.1, -0.05) is 12.1 Å². The second kappa shape index (κ2) is 4.01. The van der Waals surface area contributed by atoms with Gasteiger partial charge < -0.3 is 5.11 Å². The molecule has 0 aromatic heterocycles. The molecule has 1 aliphatic heterocycles. The van der Waals surface area contributed by atoms with Crippen molar-refractivity contribution in [3.8, 4) is 0 Å².